The number of hydrogen-bond donors (Lipinski definition) is 1. The maximum absolute atomic E-state index is 12.8. The summed E-state index contributed by atoms with van der Waals surface area (Å²) in [4.78, 5) is 14.7. The Morgan fingerprint density at radius 1 is 1.32 bits per heavy atom. The molecule has 2 aliphatic rings. The van der Waals surface area contributed by atoms with E-state index >= 15 is 0 Å². The van der Waals surface area contributed by atoms with Crippen LogP contribution in [0.3, 0.4) is 0 Å². The molecule has 2 N–H and O–H groups in total. The zero-order valence-electron chi connectivity index (χ0n) is 12.2. The highest BCUT2D eigenvalue weighted by Crippen LogP contribution is 2.39. The normalized spacial score (nSPS) is 20.3. The lowest BCUT2D eigenvalue weighted by Gasteiger charge is -2.35. The van der Waals surface area contributed by atoms with Crippen LogP contribution >= 0.6 is 28.3 Å². The topological polar surface area (TPSA) is 64.8 Å². The summed E-state index contributed by atoms with van der Waals surface area (Å²) in [5.41, 5.74) is 6.42. The van der Waals surface area contributed by atoms with E-state index in [9.17, 15) is 4.79 Å². The molecule has 1 aromatic rings. The van der Waals surface area contributed by atoms with Crippen molar-refractivity contribution in [3.8, 4) is 11.5 Å². The fourth-order valence-electron chi connectivity index (χ4n) is 2.91. The number of ether oxygens (including phenoxy) is 2. The molecule has 3 rings (SSSR count). The predicted molar refractivity (Wildman–Crippen MR) is 90.1 cm³/mol. The Morgan fingerprint density at radius 3 is 2.86 bits per heavy atom. The number of nitrogens with zero attached hydrogens (tertiary/aromatic N) is 1. The van der Waals surface area contributed by atoms with Gasteiger partial charge in [0.2, 0.25) is 0 Å². The van der Waals surface area contributed by atoms with Crippen molar-refractivity contribution in [1.29, 1.82) is 0 Å². The number of carbonyl (C=O) groups excluding carboxylic acids is 1. The quantitative estimate of drug-likeness (QED) is 0.841. The molecule has 2 aliphatic heterocycles. The van der Waals surface area contributed by atoms with Gasteiger partial charge >= 0.3 is 0 Å². The van der Waals surface area contributed by atoms with E-state index in [-0.39, 0.29) is 24.4 Å². The Labute approximate surface area is 144 Å². The summed E-state index contributed by atoms with van der Waals surface area (Å²) in [7, 11) is 0. The van der Waals surface area contributed by atoms with Crippen LogP contribution in [-0.2, 0) is 0 Å². The van der Waals surface area contributed by atoms with Gasteiger partial charge in [-0.25, -0.2) is 0 Å². The van der Waals surface area contributed by atoms with Gasteiger partial charge in [0, 0.05) is 24.7 Å². The zero-order chi connectivity index (χ0) is 14.8. The monoisotopic (exact) mass is 390 g/mol. The smallest absolute Gasteiger partial charge is 0.254 e. The van der Waals surface area contributed by atoms with Gasteiger partial charge in [-0.2, -0.15) is 0 Å². The van der Waals surface area contributed by atoms with Crippen LogP contribution in [0.25, 0.3) is 0 Å². The predicted octanol–water partition coefficient (Wildman–Crippen LogP) is 2.60. The van der Waals surface area contributed by atoms with E-state index in [1.54, 1.807) is 12.1 Å². The van der Waals surface area contributed by atoms with Crippen molar-refractivity contribution in [2.75, 3.05) is 26.3 Å². The van der Waals surface area contributed by atoms with E-state index in [2.05, 4.69) is 15.9 Å². The van der Waals surface area contributed by atoms with Crippen LogP contribution in [0.1, 0.15) is 29.6 Å². The van der Waals surface area contributed by atoms with Crippen molar-refractivity contribution >= 4 is 34.2 Å². The van der Waals surface area contributed by atoms with Gasteiger partial charge in [0.15, 0.2) is 11.5 Å². The van der Waals surface area contributed by atoms with Crippen LogP contribution in [0.15, 0.2) is 16.6 Å². The highest BCUT2D eigenvalue weighted by Gasteiger charge is 2.28. The molecule has 7 heteroatoms. The average Bonchev–Trinajstić information content (AvgIpc) is 2.54. The molecule has 122 valence electrons. The van der Waals surface area contributed by atoms with Gasteiger partial charge in [0.1, 0.15) is 13.2 Å². The van der Waals surface area contributed by atoms with Gasteiger partial charge in [-0.1, -0.05) is 0 Å². The average molecular weight is 392 g/mol. The molecule has 22 heavy (non-hydrogen) atoms. The highest BCUT2D eigenvalue weighted by atomic mass is 79.9. The molecule has 1 saturated heterocycles. The Morgan fingerprint density at radius 2 is 2.09 bits per heavy atom. The largest absolute Gasteiger partial charge is 0.486 e. The van der Waals surface area contributed by atoms with E-state index in [1.807, 2.05) is 4.90 Å². The van der Waals surface area contributed by atoms with Crippen LogP contribution < -0.4 is 15.2 Å². The number of rotatable bonds is 2. The first-order valence-electron chi connectivity index (χ1n) is 7.31. The number of nitrogens with two attached hydrogens (primary N) is 1. The van der Waals surface area contributed by atoms with Crippen LogP contribution in [0.2, 0.25) is 0 Å². The second kappa shape index (κ2) is 7.53. The van der Waals surface area contributed by atoms with Crippen molar-refractivity contribution in [2.45, 2.75) is 25.3 Å². The van der Waals surface area contributed by atoms with Gasteiger partial charge < -0.3 is 20.1 Å². The van der Waals surface area contributed by atoms with Crippen molar-refractivity contribution in [3.63, 3.8) is 0 Å². The van der Waals surface area contributed by atoms with Crippen LogP contribution in [0.5, 0.6) is 11.5 Å². The van der Waals surface area contributed by atoms with Crippen molar-refractivity contribution in [2.24, 2.45) is 5.73 Å². The molecule has 1 aromatic carbocycles. The third-order valence-corrected chi connectivity index (χ3v) is 4.59. The van der Waals surface area contributed by atoms with Crippen molar-refractivity contribution in [3.05, 3.63) is 22.2 Å². The number of piperidine rings is 1. The second-order valence-electron chi connectivity index (χ2n) is 5.37. The number of amides is 1. The lowest BCUT2D eigenvalue weighted by atomic mass is 10.0. The van der Waals surface area contributed by atoms with E-state index in [0.717, 1.165) is 30.3 Å². The third kappa shape index (κ3) is 3.34. The molecule has 0 saturated carbocycles. The Hall–Kier alpha value is -0.980. The summed E-state index contributed by atoms with van der Waals surface area (Å²) in [5, 5.41) is 0. The van der Waals surface area contributed by atoms with E-state index in [1.165, 1.54) is 0 Å². The lowest BCUT2D eigenvalue weighted by molar-refractivity contribution is 0.0622. The first kappa shape index (κ1) is 17.4. The number of fused-ring (bicyclic) bond motifs is 1. The number of carbonyl (C=O) groups is 1. The zero-order valence-corrected chi connectivity index (χ0v) is 14.6. The maximum Gasteiger partial charge on any atom is 0.254 e. The lowest BCUT2D eigenvalue weighted by Crippen LogP contribution is -2.47. The third-order valence-electron chi connectivity index (χ3n) is 4.00. The number of halogens is 2. The summed E-state index contributed by atoms with van der Waals surface area (Å²) < 4.78 is 11.9. The molecule has 2 heterocycles. The Kier molecular flexibility index (Phi) is 5.94. The van der Waals surface area contributed by atoms with E-state index in [4.69, 9.17) is 15.2 Å². The summed E-state index contributed by atoms with van der Waals surface area (Å²) in [5.74, 6) is 1.31. The number of likely N-dealkylation sites (tertiary alicyclic amines) is 1. The van der Waals surface area contributed by atoms with Gasteiger partial charge in [-0.15, -0.1) is 12.4 Å². The first-order chi connectivity index (χ1) is 10.2. The molecule has 5 nitrogen and oxygen atoms in total. The molecule has 1 atom stereocenters. The molecule has 0 aromatic heterocycles. The Bertz CT molecular complexity index is 556. The molecule has 1 amide bonds. The minimum Gasteiger partial charge on any atom is -0.486 e. The summed E-state index contributed by atoms with van der Waals surface area (Å²) >= 11 is 3.46. The fourth-order valence-corrected chi connectivity index (χ4v) is 3.47. The molecule has 0 radical (unpaired) electrons. The molecule has 1 fully saturated rings. The van der Waals surface area contributed by atoms with Gasteiger partial charge in [-0.3, -0.25) is 4.79 Å². The molecular formula is C15H20BrClN2O3. The van der Waals surface area contributed by atoms with E-state index in [0.29, 0.717) is 36.8 Å². The molecular weight excluding hydrogens is 372 g/mol. The summed E-state index contributed by atoms with van der Waals surface area (Å²) in [6, 6.07) is 3.71. The minimum atomic E-state index is 0. The maximum atomic E-state index is 12.8. The van der Waals surface area contributed by atoms with Crippen molar-refractivity contribution < 1.29 is 14.3 Å². The Balaban J connectivity index is 0.00000176. The highest BCUT2D eigenvalue weighted by molar-refractivity contribution is 9.10. The summed E-state index contributed by atoms with van der Waals surface area (Å²) in [6.07, 6.45) is 3.15. The second-order valence-corrected chi connectivity index (χ2v) is 6.22. The fraction of sp³-hybridized carbons (Fsp3) is 0.533. The van der Waals surface area contributed by atoms with Crippen LogP contribution in [-0.4, -0.2) is 43.2 Å². The standard InChI is InChI=1S/C15H19BrN2O3.ClH/c16-12-7-10(8-13-14(12)21-6-5-20-13)15(19)18-4-2-1-3-11(18)9-17;/h7-8,11H,1-6,9,17H2;1H. The van der Waals surface area contributed by atoms with Crippen molar-refractivity contribution in [1.82, 2.24) is 4.90 Å². The molecule has 0 spiro atoms. The number of benzene rings is 1. The molecule has 1 unspecified atom stereocenters. The minimum absolute atomic E-state index is 0. The molecule has 0 aliphatic carbocycles. The molecule has 0 bridgehead atoms. The van der Waals surface area contributed by atoms with Gasteiger partial charge in [0.05, 0.1) is 4.47 Å². The van der Waals surface area contributed by atoms with Crippen LogP contribution in [0.4, 0.5) is 0 Å². The van der Waals surface area contributed by atoms with Gasteiger partial charge in [-0.05, 0) is 47.3 Å². The van der Waals surface area contributed by atoms with Crippen LogP contribution in [0, 0.1) is 0 Å². The first-order valence-corrected chi connectivity index (χ1v) is 8.10. The van der Waals surface area contributed by atoms with Gasteiger partial charge in [0.25, 0.3) is 5.91 Å². The number of hydrogen-bond acceptors (Lipinski definition) is 4. The SMILES string of the molecule is Cl.NCC1CCCCN1C(=O)c1cc(Br)c2c(c1)OCCO2. The van der Waals surface area contributed by atoms with E-state index < -0.39 is 0 Å². The summed E-state index contributed by atoms with van der Waals surface area (Å²) in [6.45, 7) is 2.32.